The lowest BCUT2D eigenvalue weighted by Crippen LogP contribution is -2.32. The fraction of sp³-hybridized carbons (Fsp3) is 0.583. The fourth-order valence-electron chi connectivity index (χ4n) is 3.36. The molecule has 5 heteroatoms. The predicted octanol–water partition coefficient (Wildman–Crippen LogP) is 3.28. The number of aromatic nitrogens is 2. The van der Waals surface area contributed by atoms with Crippen molar-refractivity contribution in [3.05, 3.63) is 17.3 Å². The summed E-state index contributed by atoms with van der Waals surface area (Å²) in [6.07, 6.45) is 6.29. The zero-order chi connectivity index (χ0) is 11.4. The van der Waals surface area contributed by atoms with E-state index in [1.54, 1.807) is 11.3 Å². The fourth-order valence-corrected chi connectivity index (χ4v) is 4.61. The lowest BCUT2D eigenvalue weighted by Gasteiger charge is -2.27. The second-order valence-electron chi connectivity index (χ2n) is 5.06. The van der Waals surface area contributed by atoms with Crippen molar-refractivity contribution in [2.24, 2.45) is 5.92 Å². The van der Waals surface area contributed by atoms with Gasteiger partial charge in [0.25, 0.3) is 0 Å². The average molecular weight is 312 g/mol. The second kappa shape index (κ2) is 3.72. The summed E-state index contributed by atoms with van der Waals surface area (Å²) in [6.45, 7) is 1.22. The van der Waals surface area contributed by atoms with Crippen LogP contribution in [0.3, 0.4) is 0 Å². The molecule has 4 rings (SSSR count). The van der Waals surface area contributed by atoms with Crippen molar-refractivity contribution in [2.45, 2.75) is 30.6 Å². The highest BCUT2D eigenvalue weighted by molar-refractivity contribution is 9.08. The number of rotatable bonds is 2. The molecule has 17 heavy (non-hydrogen) atoms. The van der Waals surface area contributed by atoms with Crippen molar-refractivity contribution >= 4 is 38.0 Å². The normalized spacial score (nSPS) is 27.5. The van der Waals surface area contributed by atoms with Crippen LogP contribution in [0.1, 0.15) is 25.0 Å². The van der Waals surface area contributed by atoms with Crippen LogP contribution in [0.5, 0.6) is 0 Å². The maximum atomic E-state index is 4.82. The Kier molecular flexibility index (Phi) is 2.27. The Labute approximate surface area is 113 Å². The summed E-state index contributed by atoms with van der Waals surface area (Å²) in [4.78, 5) is 8.49. The lowest BCUT2D eigenvalue weighted by atomic mass is 10.1. The molecule has 2 aliphatic rings. The lowest BCUT2D eigenvalue weighted by molar-refractivity contribution is 0.550. The number of piperidine rings is 1. The Balaban J connectivity index is 1.82. The highest BCUT2D eigenvalue weighted by Gasteiger charge is 2.39. The van der Waals surface area contributed by atoms with Crippen molar-refractivity contribution < 1.29 is 0 Å². The van der Waals surface area contributed by atoms with E-state index in [1.165, 1.54) is 37.3 Å². The van der Waals surface area contributed by atoms with Gasteiger partial charge in [-0.2, -0.15) is 0 Å². The highest BCUT2D eigenvalue weighted by atomic mass is 79.9. The summed E-state index contributed by atoms with van der Waals surface area (Å²) in [5.74, 6) is 2.14. The Morgan fingerprint density at radius 1 is 1.47 bits per heavy atom. The van der Waals surface area contributed by atoms with Gasteiger partial charge in [-0.25, -0.2) is 4.98 Å². The van der Waals surface area contributed by atoms with Gasteiger partial charge >= 0.3 is 0 Å². The van der Waals surface area contributed by atoms with E-state index < -0.39 is 0 Å². The average Bonchev–Trinajstić information content (AvgIpc) is 3.07. The number of halogens is 1. The van der Waals surface area contributed by atoms with Crippen LogP contribution in [0, 0.1) is 5.92 Å². The number of hydrogen-bond acceptors (Lipinski definition) is 3. The molecule has 2 aromatic heterocycles. The van der Waals surface area contributed by atoms with E-state index in [0.717, 1.165) is 22.3 Å². The molecule has 2 fully saturated rings. The number of anilines is 1. The Morgan fingerprint density at radius 3 is 3.12 bits per heavy atom. The Morgan fingerprint density at radius 2 is 2.41 bits per heavy atom. The molecule has 0 radical (unpaired) electrons. The first-order chi connectivity index (χ1) is 8.36. The van der Waals surface area contributed by atoms with Crippen LogP contribution in [0.25, 0.3) is 4.96 Å². The molecule has 2 unspecified atom stereocenters. The summed E-state index contributed by atoms with van der Waals surface area (Å²) >= 11 is 5.33. The molecule has 1 aliphatic heterocycles. The molecule has 1 aliphatic carbocycles. The highest BCUT2D eigenvalue weighted by Crippen LogP contribution is 2.41. The van der Waals surface area contributed by atoms with Gasteiger partial charge in [0.1, 0.15) is 0 Å². The van der Waals surface area contributed by atoms with Gasteiger partial charge in [0, 0.05) is 29.5 Å². The number of thiazole rings is 1. The molecule has 1 saturated carbocycles. The van der Waals surface area contributed by atoms with Crippen molar-refractivity contribution in [3.8, 4) is 0 Å². The maximum Gasteiger partial charge on any atom is 0.195 e. The second-order valence-corrected chi connectivity index (χ2v) is 6.49. The largest absolute Gasteiger partial charge is 0.352 e. The Hall–Kier alpha value is -0.550. The smallest absolute Gasteiger partial charge is 0.195 e. The number of imidazole rings is 1. The minimum atomic E-state index is 0.752. The van der Waals surface area contributed by atoms with Gasteiger partial charge in [-0.05, 0) is 25.2 Å². The van der Waals surface area contributed by atoms with Gasteiger partial charge in [0.2, 0.25) is 0 Å². The van der Waals surface area contributed by atoms with Crippen LogP contribution < -0.4 is 4.90 Å². The molecule has 2 aromatic rings. The topological polar surface area (TPSA) is 20.5 Å². The Bertz CT molecular complexity index is 561. The summed E-state index contributed by atoms with van der Waals surface area (Å²) in [5.41, 5.74) is 1.31. The van der Waals surface area contributed by atoms with Gasteiger partial charge < -0.3 is 4.90 Å². The SMILES string of the molecule is BrCc1c(N2CC3CCC2C3)nc2sccn12. The molecule has 0 spiro atoms. The molecule has 2 bridgehead atoms. The quantitative estimate of drug-likeness (QED) is 0.793. The maximum absolute atomic E-state index is 4.82. The minimum absolute atomic E-state index is 0.752. The van der Waals surface area contributed by atoms with Gasteiger partial charge in [-0.3, -0.25) is 4.40 Å². The van der Waals surface area contributed by atoms with E-state index >= 15 is 0 Å². The van der Waals surface area contributed by atoms with E-state index in [4.69, 9.17) is 4.98 Å². The van der Waals surface area contributed by atoms with Gasteiger partial charge in [0.05, 0.1) is 5.69 Å². The molecule has 2 atom stereocenters. The van der Waals surface area contributed by atoms with Crippen LogP contribution >= 0.6 is 27.3 Å². The zero-order valence-corrected chi connectivity index (χ0v) is 11.9. The third-order valence-electron chi connectivity index (χ3n) is 4.15. The molecule has 0 amide bonds. The molecule has 0 N–H and O–H groups in total. The monoisotopic (exact) mass is 311 g/mol. The van der Waals surface area contributed by atoms with E-state index in [9.17, 15) is 0 Å². The van der Waals surface area contributed by atoms with Crippen LogP contribution in [0.2, 0.25) is 0 Å². The van der Waals surface area contributed by atoms with Crippen LogP contribution in [-0.2, 0) is 5.33 Å². The number of nitrogens with zero attached hydrogens (tertiary/aromatic N) is 3. The zero-order valence-electron chi connectivity index (χ0n) is 9.47. The van der Waals surface area contributed by atoms with Crippen molar-refractivity contribution in [1.29, 1.82) is 0 Å². The third kappa shape index (κ3) is 1.41. The molecular weight excluding hydrogens is 298 g/mol. The summed E-state index contributed by atoms with van der Waals surface area (Å²) in [7, 11) is 0. The number of fused-ring (bicyclic) bond motifs is 3. The standard InChI is InChI=1S/C12H14BrN3S/c13-6-10-11(14-12-15(10)3-4-17-12)16-7-8-1-2-9(16)5-8/h3-4,8-9H,1-2,5-7H2. The first-order valence-corrected chi connectivity index (χ1v) is 8.14. The molecule has 3 heterocycles. The first kappa shape index (κ1) is 10.4. The van der Waals surface area contributed by atoms with Crippen LogP contribution in [-0.4, -0.2) is 22.0 Å². The summed E-state index contributed by atoms with van der Waals surface area (Å²) < 4.78 is 2.22. The van der Waals surface area contributed by atoms with E-state index in [1.807, 2.05) is 0 Å². The van der Waals surface area contributed by atoms with Crippen molar-refractivity contribution in [3.63, 3.8) is 0 Å². The van der Waals surface area contributed by atoms with Crippen LogP contribution in [0.4, 0.5) is 5.82 Å². The van der Waals surface area contributed by atoms with E-state index in [2.05, 4.69) is 36.8 Å². The van der Waals surface area contributed by atoms with Crippen molar-refractivity contribution in [1.82, 2.24) is 9.38 Å². The minimum Gasteiger partial charge on any atom is -0.352 e. The van der Waals surface area contributed by atoms with E-state index in [0.29, 0.717) is 0 Å². The molecule has 90 valence electrons. The van der Waals surface area contributed by atoms with E-state index in [-0.39, 0.29) is 0 Å². The molecule has 3 nitrogen and oxygen atoms in total. The van der Waals surface area contributed by atoms with Gasteiger partial charge in [-0.1, -0.05) is 15.9 Å². The molecule has 0 aromatic carbocycles. The molecule has 1 saturated heterocycles. The number of alkyl halides is 1. The first-order valence-electron chi connectivity index (χ1n) is 6.14. The van der Waals surface area contributed by atoms with Crippen LogP contribution in [0.15, 0.2) is 11.6 Å². The van der Waals surface area contributed by atoms with Gasteiger partial charge in [-0.15, -0.1) is 11.3 Å². The third-order valence-corrected chi connectivity index (χ3v) is 5.44. The summed E-state index contributed by atoms with van der Waals surface area (Å²) in [6, 6.07) is 0.752. The van der Waals surface area contributed by atoms with Gasteiger partial charge in [0.15, 0.2) is 10.8 Å². The summed E-state index contributed by atoms with van der Waals surface area (Å²) in [5, 5.41) is 2.99. The molecular formula is C12H14BrN3S. The predicted molar refractivity (Wildman–Crippen MR) is 74.2 cm³/mol. The number of hydrogen-bond donors (Lipinski definition) is 0. The van der Waals surface area contributed by atoms with Crippen molar-refractivity contribution in [2.75, 3.05) is 11.4 Å².